The van der Waals surface area contributed by atoms with Gasteiger partial charge in [0.2, 0.25) is 5.91 Å². The number of aliphatic imine (C=N–C) groups is 1. The van der Waals surface area contributed by atoms with E-state index in [0.29, 0.717) is 24.9 Å². The summed E-state index contributed by atoms with van der Waals surface area (Å²) in [5, 5.41) is 3.35. The molecule has 1 N–H and O–H groups in total. The Morgan fingerprint density at radius 3 is 2.55 bits per heavy atom. The molecule has 2 rings (SSSR count). The molecule has 0 aromatic heterocycles. The second-order valence-corrected chi connectivity index (χ2v) is 7.39. The van der Waals surface area contributed by atoms with E-state index in [2.05, 4.69) is 15.2 Å². The van der Waals surface area contributed by atoms with Crippen molar-refractivity contribution in [1.82, 2.24) is 20.0 Å². The van der Waals surface area contributed by atoms with Crippen LogP contribution in [0.3, 0.4) is 0 Å². The summed E-state index contributed by atoms with van der Waals surface area (Å²) < 4.78 is 24.0. The van der Waals surface area contributed by atoms with Crippen LogP contribution in [-0.4, -0.2) is 107 Å². The molecular weight excluding hydrogens is 516 g/mol. The number of benzene rings is 1. The van der Waals surface area contributed by atoms with E-state index in [1.165, 1.54) is 17.0 Å². The van der Waals surface area contributed by atoms with Crippen molar-refractivity contribution in [1.29, 1.82) is 0 Å². The lowest BCUT2D eigenvalue weighted by atomic mass is 10.3. The number of ether oxygens (including phenoxy) is 2. The van der Waals surface area contributed by atoms with E-state index in [4.69, 9.17) is 9.47 Å². The normalized spacial score (nSPS) is 14.5. The maximum Gasteiger partial charge on any atom is 0.243 e. The third-order valence-electron chi connectivity index (χ3n) is 4.77. The number of carbonyl (C=O) groups is 1. The molecule has 1 saturated heterocycles. The predicted octanol–water partition coefficient (Wildman–Crippen LogP) is 1.51. The number of amides is 1. The molecule has 0 unspecified atom stereocenters. The Hall–Kier alpha value is -1.66. The molecule has 1 amide bonds. The van der Waals surface area contributed by atoms with E-state index in [-0.39, 0.29) is 42.2 Å². The molecule has 0 aliphatic carbocycles. The van der Waals surface area contributed by atoms with Gasteiger partial charge in [0.25, 0.3) is 0 Å². The molecular formula is C21H35FIN5O3. The van der Waals surface area contributed by atoms with Gasteiger partial charge in [-0.25, -0.2) is 9.38 Å². The van der Waals surface area contributed by atoms with Crippen LogP contribution in [0.4, 0.5) is 4.39 Å². The van der Waals surface area contributed by atoms with Crippen molar-refractivity contribution in [2.75, 3.05) is 80.2 Å². The van der Waals surface area contributed by atoms with Crippen molar-refractivity contribution in [2.45, 2.75) is 6.42 Å². The first-order chi connectivity index (χ1) is 14.5. The van der Waals surface area contributed by atoms with Crippen molar-refractivity contribution in [3.05, 3.63) is 30.1 Å². The van der Waals surface area contributed by atoms with Crippen LogP contribution in [0.5, 0.6) is 5.75 Å². The second-order valence-electron chi connectivity index (χ2n) is 7.39. The van der Waals surface area contributed by atoms with E-state index >= 15 is 0 Å². The quantitative estimate of drug-likeness (QED) is 0.206. The number of hydrogen-bond acceptors (Lipinski definition) is 5. The van der Waals surface area contributed by atoms with Crippen LogP contribution in [0.2, 0.25) is 0 Å². The van der Waals surface area contributed by atoms with E-state index < -0.39 is 0 Å². The Bertz CT molecular complexity index is 669. The van der Waals surface area contributed by atoms with E-state index in [1.807, 2.05) is 11.9 Å². The fraction of sp³-hybridized carbons (Fsp3) is 0.619. The summed E-state index contributed by atoms with van der Waals surface area (Å²) in [5.74, 6) is 0.929. The van der Waals surface area contributed by atoms with Gasteiger partial charge in [0.15, 0.2) is 5.96 Å². The number of nitrogens with one attached hydrogen (secondary N) is 1. The number of halogens is 2. The topological polar surface area (TPSA) is 69.6 Å². The van der Waals surface area contributed by atoms with Crippen molar-refractivity contribution in [3.63, 3.8) is 0 Å². The highest BCUT2D eigenvalue weighted by Gasteiger charge is 2.11. The Labute approximate surface area is 201 Å². The van der Waals surface area contributed by atoms with Crippen LogP contribution in [-0.2, 0) is 9.53 Å². The van der Waals surface area contributed by atoms with E-state index in [9.17, 15) is 9.18 Å². The van der Waals surface area contributed by atoms with Crippen molar-refractivity contribution < 1.29 is 18.7 Å². The number of nitrogens with zero attached hydrogens (tertiary/aromatic N) is 4. The van der Waals surface area contributed by atoms with Crippen molar-refractivity contribution in [3.8, 4) is 5.75 Å². The molecule has 0 bridgehead atoms. The van der Waals surface area contributed by atoms with Gasteiger partial charge in [0.05, 0.1) is 19.8 Å². The largest absolute Gasteiger partial charge is 0.492 e. The van der Waals surface area contributed by atoms with Crippen LogP contribution in [0.15, 0.2) is 29.3 Å². The molecule has 1 fully saturated rings. The standard InChI is InChI=1S/C21H34FN5O3.HI/c1-25(2)20(28)17-24-21(23-9-4-10-27-12-14-29-15-13-27)26(3)11-16-30-19-7-5-18(22)6-8-19;/h5-8H,4,9-17H2,1-3H3,(H,23,24);1H. The molecule has 1 aromatic rings. The minimum Gasteiger partial charge on any atom is -0.492 e. The number of rotatable bonds is 10. The molecule has 0 spiro atoms. The summed E-state index contributed by atoms with van der Waals surface area (Å²) >= 11 is 0. The average molecular weight is 551 g/mol. The van der Waals surface area contributed by atoms with Gasteiger partial charge >= 0.3 is 0 Å². The van der Waals surface area contributed by atoms with Crippen LogP contribution < -0.4 is 10.1 Å². The van der Waals surface area contributed by atoms with Crippen LogP contribution in [0, 0.1) is 5.82 Å². The van der Waals surface area contributed by atoms with Gasteiger partial charge in [0, 0.05) is 40.8 Å². The summed E-state index contributed by atoms with van der Waals surface area (Å²) in [5.41, 5.74) is 0. The van der Waals surface area contributed by atoms with Crippen LogP contribution in [0.1, 0.15) is 6.42 Å². The molecule has 1 aliphatic rings. The molecule has 176 valence electrons. The smallest absolute Gasteiger partial charge is 0.243 e. The highest BCUT2D eigenvalue weighted by molar-refractivity contribution is 14.0. The highest BCUT2D eigenvalue weighted by atomic mass is 127. The summed E-state index contributed by atoms with van der Waals surface area (Å²) in [4.78, 5) is 22.2. The van der Waals surface area contributed by atoms with Gasteiger partial charge in [-0.3, -0.25) is 9.69 Å². The highest BCUT2D eigenvalue weighted by Crippen LogP contribution is 2.10. The maximum atomic E-state index is 13.0. The molecule has 0 saturated carbocycles. The number of hydrogen-bond donors (Lipinski definition) is 1. The summed E-state index contributed by atoms with van der Waals surface area (Å²) in [6.45, 7) is 6.36. The minimum atomic E-state index is -0.291. The van der Waals surface area contributed by atoms with Gasteiger partial charge in [-0.2, -0.15) is 0 Å². The second kappa shape index (κ2) is 15.2. The fourth-order valence-electron chi connectivity index (χ4n) is 2.86. The molecule has 0 radical (unpaired) electrons. The van der Waals surface area contributed by atoms with Crippen molar-refractivity contribution >= 4 is 35.8 Å². The van der Waals surface area contributed by atoms with Gasteiger partial charge in [0.1, 0.15) is 24.7 Å². The zero-order valence-corrected chi connectivity index (χ0v) is 21.0. The third kappa shape index (κ3) is 11.0. The zero-order chi connectivity index (χ0) is 21.8. The molecule has 8 nitrogen and oxygen atoms in total. The first-order valence-corrected chi connectivity index (χ1v) is 10.3. The lowest BCUT2D eigenvalue weighted by Crippen LogP contribution is -2.43. The molecule has 10 heteroatoms. The Morgan fingerprint density at radius 2 is 1.90 bits per heavy atom. The molecule has 0 atom stereocenters. The van der Waals surface area contributed by atoms with E-state index in [0.717, 1.165) is 45.8 Å². The first kappa shape index (κ1) is 27.4. The first-order valence-electron chi connectivity index (χ1n) is 10.3. The summed E-state index contributed by atoms with van der Waals surface area (Å²) in [7, 11) is 5.34. The SMILES string of the molecule is CN(C)C(=O)CN=C(NCCCN1CCOCC1)N(C)CCOc1ccc(F)cc1.I. The van der Waals surface area contributed by atoms with Crippen LogP contribution >= 0.6 is 24.0 Å². The molecule has 1 aliphatic heterocycles. The lowest BCUT2D eigenvalue weighted by molar-refractivity contribution is -0.127. The van der Waals surface area contributed by atoms with Gasteiger partial charge in [-0.1, -0.05) is 0 Å². The molecule has 1 heterocycles. The molecule has 31 heavy (non-hydrogen) atoms. The predicted molar refractivity (Wildman–Crippen MR) is 131 cm³/mol. The van der Waals surface area contributed by atoms with Gasteiger partial charge in [-0.15, -0.1) is 24.0 Å². The number of carbonyl (C=O) groups excluding carboxylic acids is 1. The third-order valence-corrected chi connectivity index (χ3v) is 4.77. The summed E-state index contributed by atoms with van der Waals surface area (Å²) in [6.07, 6.45) is 0.973. The van der Waals surface area contributed by atoms with E-state index in [1.54, 1.807) is 26.2 Å². The minimum absolute atomic E-state index is 0. The number of likely N-dealkylation sites (N-methyl/N-ethyl adjacent to an activating group) is 2. The monoisotopic (exact) mass is 551 g/mol. The molecule has 1 aromatic carbocycles. The number of morpholine rings is 1. The average Bonchev–Trinajstić information content (AvgIpc) is 2.75. The lowest BCUT2D eigenvalue weighted by Gasteiger charge is -2.27. The fourth-order valence-corrected chi connectivity index (χ4v) is 2.86. The van der Waals surface area contributed by atoms with Gasteiger partial charge in [-0.05, 0) is 37.2 Å². The Kier molecular flexibility index (Phi) is 13.4. The van der Waals surface area contributed by atoms with Crippen LogP contribution in [0.25, 0.3) is 0 Å². The number of guanidine groups is 1. The Morgan fingerprint density at radius 1 is 1.23 bits per heavy atom. The zero-order valence-electron chi connectivity index (χ0n) is 18.7. The van der Waals surface area contributed by atoms with Gasteiger partial charge < -0.3 is 24.6 Å². The van der Waals surface area contributed by atoms with Crippen molar-refractivity contribution in [2.24, 2.45) is 4.99 Å². The maximum absolute atomic E-state index is 13.0. The Balaban J connectivity index is 0.00000480. The summed E-state index contributed by atoms with van der Waals surface area (Å²) in [6, 6.07) is 5.94.